The Kier molecular flexibility index (Phi) is 4.48. The average Bonchev–Trinajstić information content (AvgIpc) is 2.95. The minimum atomic E-state index is 0.254. The summed E-state index contributed by atoms with van der Waals surface area (Å²) in [7, 11) is 0. The summed E-state index contributed by atoms with van der Waals surface area (Å²) in [6.45, 7) is 1.93. The molecule has 1 saturated carbocycles. The number of thioether (sulfide) groups is 1. The van der Waals surface area contributed by atoms with Crippen molar-refractivity contribution in [3.8, 4) is 17.2 Å². The van der Waals surface area contributed by atoms with Crippen LogP contribution in [0.2, 0.25) is 0 Å². The average molecular weight is 304 g/mol. The van der Waals surface area contributed by atoms with E-state index in [-0.39, 0.29) is 5.75 Å². The van der Waals surface area contributed by atoms with E-state index in [1.54, 1.807) is 12.1 Å². The third-order valence-corrected chi connectivity index (χ3v) is 5.28. The molecule has 1 aromatic carbocycles. The number of hydrogen-bond donors (Lipinski definition) is 1. The van der Waals surface area contributed by atoms with E-state index >= 15 is 0 Å². The Bertz CT molecular complexity index is 606. The number of aryl methyl sites for hydroxylation is 1. The van der Waals surface area contributed by atoms with Gasteiger partial charge in [0.25, 0.3) is 5.89 Å². The first-order valence-electron chi connectivity index (χ1n) is 7.46. The highest BCUT2D eigenvalue weighted by Crippen LogP contribution is 2.31. The van der Waals surface area contributed by atoms with E-state index in [4.69, 9.17) is 4.52 Å². The second kappa shape index (κ2) is 6.52. The van der Waals surface area contributed by atoms with Crippen LogP contribution in [0, 0.1) is 6.92 Å². The number of aromatic nitrogens is 2. The van der Waals surface area contributed by atoms with Gasteiger partial charge in [-0.15, -0.1) is 0 Å². The van der Waals surface area contributed by atoms with Gasteiger partial charge in [-0.2, -0.15) is 16.7 Å². The molecule has 2 aromatic rings. The van der Waals surface area contributed by atoms with Crippen molar-refractivity contribution in [3.63, 3.8) is 0 Å². The van der Waals surface area contributed by atoms with Crippen LogP contribution in [0.25, 0.3) is 11.5 Å². The maximum Gasteiger partial charge on any atom is 0.258 e. The van der Waals surface area contributed by atoms with Gasteiger partial charge in [0.2, 0.25) is 0 Å². The van der Waals surface area contributed by atoms with Crippen molar-refractivity contribution in [2.24, 2.45) is 0 Å². The number of nitrogens with zero attached hydrogens (tertiary/aromatic N) is 2. The Morgan fingerprint density at radius 1 is 1.29 bits per heavy atom. The molecule has 1 aliphatic carbocycles. The summed E-state index contributed by atoms with van der Waals surface area (Å²) in [6.07, 6.45) is 6.70. The van der Waals surface area contributed by atoms with E-state index in [1.165, 1.54) is 32.1 Å². The second-order valence-corrected chi connectivity index (χ2v) is 6.87. The summed E-state index contributed by atoms with van der Waals surface area (Å²) in [5.41, 5.74) is 1.82. The second-order valence-electron chi connectivity index (χ2n) is 5.59. The third kappa shape index (κ3) is 3.59. The number of phenols is 1. The molecule has 0 aliphatic heterocycles. The van der Waals surface area contributed by atoms with Crippen LogP contribution in [0.1, 0.15) is 43.5 Å². The minimum absolute atomic E-state index is 0.254. The lowest BCUT2D eigenvalue weighted by Gasteiger charge is -2.19. The Morgan fingerprint density at radius 2 is 2.10 bits per heavy atom. The molecule has 3 rings (SSSR count). The van der Waals surface area contributed by atoms with Crippen molar-refractivity contribution in [2.75, 3.05) is 0 Å². The predicted molar refractivity (Wildman–Crippen MR) is 84.3 cm³/mol. The summed E-state index contributed by atoms with van der Waals surface area (Å²) in [5, 5.41) is 14.3. The van der Waals surface area contributed by atoms with E-state index in [0.717, 1.165) is 28.0 Å². The molecule has 5 heteroatoms. The molecule has 112 valence electrons. The van der Waals surface area contributed by atoms with Crippen LogP contribution in [-0.4, -0.2) is 20.5 Å². The molecule has 0 radical (unpaired) electrons. The smallest absolute Gasteiger partial charge is 0.258 e. The van der Waals surface area contributed by atoms with E-state index in [2.05, 4.69) is 10.1 Å². The first kappa shape index (κ1) is 14.4. The molecule has 0 unspecified atom stereocenters. The molecule has 1 fully saturated rings. The third-order valence-electron chi connectivity index (χ3n) is 3.91. The highest BCUT2D eigenvalue weighted by atomic mass is 32.2. The highest BCUT2D eigenvalue weighted by molar-refractivity contribution is 7.99. The fraction of sp³-hybridized carbons (Fsp3) is 0.500. The lowest BCUT2D eigenvalue weighted by molar-refractivity contribution is 0.424. The van der Waals surface area contributed by atoms with Crippen molar-refractivity contribution in [1.82, 2.24) is 10.1 Å². The zero-order chi connectivity index (χ0) is 14.7. The maximum absolute atomic E-state index is 9.45. The standard InChI is InChI=1S/C16H20N2O2S/c1-11-9-12(19)7-8-14(11)16-17-15(18-20-16)10-21-13-5-3-2-4-6-13/h7-9,13,19H,2-6,10H2,1H3. The number of phenolic OH excluding ortho intramolecular Hbond substituents is 1. The van der Waals surface area contributed by atoms with Gasteiger partial charge in [0, 0.05) is 10.8 Å². The van der Waals surface area contributed by atoms with Gasteiger partial charge in [-0.3, -0.25) is 0 Å². The summed E-state index contributed by atoms with van der Waals surface area (Å²) < 4.78 is 5.36. The molecule has 1 N–H and O–H groups in total. The van der Waals surface area contributed by atoms with E-state index < -0.39 is 0 Å². The normalized spacial score (nSPS) is 16.2. The van der Waals surface area contributed by atoms with Gasteiger partial charge < -0.3 is 9.63 Å². The molecule has 4 nitrogen and oxygen atoms in total. The Labute approximate surface area is 129 Å². The lowest BCUT2D eigenvalue weighted by Crippen LogP contribution is -2.08. The fourth-order valence-electron chi connectivity index (χ4n) is 2.73. The van der Waals surface area contributed by atoms with Crippen molar-refractivity contribution >= 4 is 11.8 Å². The molecule has 1 heterocycles. The van der Waals surface area contributed by atoms with Crippen LogP contribution in [0.15, 0.2) is 22.7 Å². The zero-order valence-corrected chi connectivity index (χ0v) is 13.0. The van der Waals surface area contributed by atoms with E-state index in [9.17, 15) is 5.11 Å². The fourth-order valence-corrected chi connectivity index (χ4v) is 3.90. The largest absolute Gasteiger partial charge is 0.508 e. The SMILES string of the molecule is Cc1cc(O)ccc1-c1nc(CSC2CCCCC2)no1. The van der Waals surface area contributed by atoms with Crippen molar-refractivity contribution in [2.45, 2.75) is 50.0 Å². The van der Waals surface area contributed by atoms with Crippen LogP contribution in [0.5, 0.6) is 5.75 Å². The van der Waals surface area contributed by atoms with Crippen LogP contribution in [-0.2, 0) is 5.75 Å². The molecule has 1 aromatic heterocycles. The quantitative estimate of drug-likeness (QED) is 0.911. The topological polar surface area (TPSA) is 59.2 Å². The summed E-state index contributed by atoms with van der Waals surface area (Å²) in [5.74, 6) is 2.36. The number of hydrogen-bond acceptors (Lipinski definition) is 5. The van der Waals surface area contributed by atoms with Gasteiger partial charge in [0.1, 0.15) is 5.75 Å². The van der Waals surface area contributed by atoms with Gasteiger partial charge >= 0.3 is 0 Å². The molecule has 0 atom stereocenters. The molecule has 0 amide bonds. The van der Waals surface area contributed by atoms with Crippen LogP contribution >= 0.6 is 11.8 Å². The maximum atomic E-state index is 9.45. The predicted octanol–water partition coefficient (Wildman–Crippen LogP) is 4.32. The summed E-state index contributed by atoms with van der Waals surface area (Å²) in [4.78, 5) is 4.48. The summed E-state index contributed by atoms with van der Waals surface area (Å²) in [6, 6.07) is 5.16. The van der Waals surface area contributed by atoms with Crippen LogP contribution in [0.3, 0.4) is 0 Å². The molecule has 0 spiro atoms. The van der Waals surface area contributed by atoms with Crippen molar-refractivity contribution in [1.29, 1.82) is 0 Å². The molecule has 0 bridgehead atoms. The molecular formula is C16H20N2O2S. The molecular weight excluding hydrogens is 284 g/mol. The first-order valence-corrected chi connectivity index (χ1v) is 8.51. The zero-order valence-electron chi connectivity index (χ0n) is 12.2. The van der Waals surface area contributed by atoms with E-state index in [0.29, 0.717) is 5.89 Å². The Balaban J connectivity index is 1.65. The van der Waals surface area contributed by atoms with Gasteiger partial charge in [-0.05, 0) is 43.5 Å². The first-order chi connectivity index (χ1) is 10.2. The van der Waals surface area contributed by atoms with Crippen molar-refractivity contribution < 1.29 is 9.63 Å². The number of aromatic hydroxyl groups is 1. The van der Waals surface area contributed by atoms with Crippen molar-refractivity contribution in [3.05, 3.63) is 29.6 Å². The van der Waals surface area contributed by atoms with Gasteiger partial charge in [0.05, 0.1) is 5.75 Å². The lowest BCUT2D eigenvalue weighted by atomic mass is 10.0. The molecule has 0 saturated heterocycles. The number of benzene rings is 1. The molecule has 1 aliphatic rings. The Morgan fingerprint density at radius 3 is 2.86 bits per heavy atom. The Hall–Kier alpha value is -1.49. The summed E-state index contributed by atoms with van der Waals surface area (Å²) >= 11 is 1.94. The van der Waals surface area contributed by atoms with E-state index in [1.807, 2.05) is 24.8 Å². The van der Waals surface area contributed by atoms with Crippen LogP contribution in [0.4, 0.5) is 0 Å². The minimum Gasteiger partial charge on any atom is -0.508 e. The van der Waals surface area contributed by atoms with Gasteiger partial charge in [-0.1, -0.05) is 24.4 Å². The van der Waals surface area contributed by atoms with Gasteiger partial charge in [0.15, 0.2) is 5.82 Å². The highest BCUT2D eigenvalue weighted by Gasteiger charge is 2.16. The number of rotatable bonds is 4. The van der Waals surface area contributed by atoms with Crippen LogP contribution < -0.4 is 0 Å². The van der Waals surface area contributed by atoms with Gasteiger partial charge in [-0.25, -0.2) is 0 Å². The monoisotopic (exact) mass is 304 g/mol. The molecule has 21 heavy (non-hydrogen) atoms.